The molecule has 2 rings (SSSR count). The number of primary sulfonamides is 1. The number of anilines is 1. The van der Waals surface area contributed by atoms with Gasteiger partial charge in [0.1, 0.15) is 5.75 Å². The molecule has 8 heteroatoms. The number of sulfonamides is 1. The Balaban J connectivity index is 1.97. The van der Waals surface area contributed by atoms with Gasteiger partial charge in [-0.1, -0.05) is 26.8 Å². The number of benzene rings is 2. The zero-order valence-corrected chi connectivity index (χ0v) is 17.1. The molecule has 2 aromatic carbocycles. The average molecular weight is 441 g/mol. The molecule has 0 aliphatic carbocycles. The summed E-state index contributed by atoms with van der Waals surface area (Å²) >= 11 is 3.46. The van der Waals surface area contributed by atoms with Crippen LogP contribution in [0.25, 0.3) is 0 Å². The number of hydrogen-bond acceptors (Lipinski definition) is 4. The number of nitrogens with one attached hydrogen (secondary N) is 1. The monoisotopic (exact) mass is 440 g/mol. The summed E-state index contributed by atoms with van der Waals surface area (Å²) in [5.41, 5.74) is 1.62. The minimum absolute atomic E-state index is 0.0155. The van der Waals surface area contributed by atoms with Crippen LogP contribution in [0.15, 0.2) is 51.8 Å². The molecule has 26 heavy (non-hydrogen) atoms. The van der Waals surface area contributed by atoms with Crippen LogP contribution in [-0.2, 0) is 20.2 Å². The third-order valence-electron chi connectivity index (χ3n) is 3.62. The van der Waals surface area contributed by atoms with Crippen LogP contribution in [0, 0.1) is 0 Å². The lowest BCUT2D eigenvalue weighted by Crippen LogP contribution is -2.20. The molecule has 0 unspecified atom stereocenters. The van der Waals surface area contributed by atoms with E-state index in [4.69, 9.17) is 9.88 Å². The second-order valence-electron chi connectivity index (χ2n) is 6.80. The Morgan fingerprint density at radius 2 is 1.77 bits per heavy atom. The van der Waals surface area contributed by atoms with E-state index in [1.807, 2.05) is 18.2 Å². The molecule has 0 radical (unpaired) electrons. The highest BCUT2D eigenvalue weighted by atomic mass is 79.9. The van der Waals surface area contributed by atoms with E-state index in [9.17, 15) is 13.2 Å². The van der Waals surface area contributed by atoms with E-state index >= 15 is 0 Å². The third kappa shape index (κ3) is 5.55. The second kappa shape index (κ2) is 7.77. The van der Waals surface area contributed by atoms with Crippen molar-refractivity contribution in [1.82, 2.24) is 0 Å². The van der Waals surface area contributed by atoms with Gasteiger partial charge >= 0.3 is 0 Å². The lowest BCUT2D eigenvalue weighted by molar-refractivity contribution is -0.118. The Hall–Kier alpha value is -1.90. The van der Waals surface area contributed by atoms with E-state index in [0.717, 1.165) is 10.0 Å². The van der Waals surface area contributed by atoms with Crippen molar-refractivity contribution in [2.24, 2.45) is 5.14 Å². The minimum atomic E-state index is -3.76. The van der Waals surface area contributed by atoms with Crippen LogP contribution in [-0.4, -0.2) is 20.9 Å². The number of nitrogens with two attached hydrogens (primary N) is 1. The van der Waals surface area contributed by atoms with Crippen LogP contribution in [0.2, 0.25) is 0 Å². The zero-order chi connectivity index (χ0) is 19.5. The molecule has 1 amide bonds. The number of hydrogen-bond donors (Lipinski definition) is 2. The molecule has 0 spiro atoms. The van der Waals surface area contributed by atoms with Crippen molar-refractivity contribution in [2.75, 3.05) is 11.9 Å². The fourth-order valence-electron chi connectivity index (χ4n) is 2.15. The highest BCUT2D eigenvalue weighted by Gasteiger charge is 2.16. The van der Waals surface area contributed by atoms with Crippen molar-refractivity contribution in [1.29, 1.82) is 0 Å². The van der Waals surface area contributed by atoms with Crippen LogP contribution in [0.1, 0.15) is 26.3 Å². The molecule has 0 atom stereocenters. The van der Waals surface area contributed by atoms with Crippen LogP contribution >= 0.6 is 15.9 Å². The Morgan fingerprint density at radius 3 is 2.27 bits per heavy atom. The molecular formula is C18H21BrN2O4S. The van der Waals surface area contributed by atoms with Crippen molar-refractivity contribution in [2.45, 2.75) is 31.1 Å². The number of carbonyl (C=O) groups excluding carboxylic acids is 1. The van der Waals surface area contributed by atoms with Crippen molar-refractivity contribution < 1.29 is 17.9 Å². The number of rotatable bonds is 5. The molecule has 0 aliphatic rings. The van der Waals surface area contributed by atoms with Crippen molar-refractivity contribution in [3.05, 3.63) is 52.5 Å². The van der Waals surface area contributed by atoms with Crippen LogP contribution in [0.5, 0.6) is 5.75 Å². The lowest BCUT2D eigenvalue weighted by Gasteiger charge is -2.20. The topological polar surface area (TPSA) is 98.5 Å². The zero-order valence-electron chi connectivity index (χ0n) is 14.7. The van der Waals surface area contributed by atoms with Crippen LogP contribution in [0.4, 0.5) is 5.69 Å². The molecule has 0 aromatic heterocycles. The molecule has 3 N–H and O–H groups in total. The van der Waals surface area contributed by atoms with Gasteiger partial charge < -0.3 is 10.1 Å². The molecule has 0 aliphatic heterocycles. The van der Waals surface area contributed by atoms with Gasteiger partial charge in [0, 0.05) is 5.69 Å². The predicted octanol–water partition coefficient (Wildman–Crippen LogP) is 3.41. The fourth-order valence-corrected chi connectivity index (χ4v) is 3.16. The van der Waals surface area contributed by atoms with E-state index in [1.165, 1.54) is 24.3 Å². The van der Waals surface area contributed by atoms with Gasteiger partial charge in [0.2, 0.25) is 10.0 Å². The largest absolute Gasteiger partial charge is 0.483 e. The van der Waals surface area contributed by atoms with Gasteiger partial charge in [-0.05, 0) is 63.3 Å². The Morgan fingerprint density at radius 1 is 1.15 bits per heavy atom. The molecule has 6 nitrogen and oxygen atoms in total. The molecule has 0 bridgehead atoms. The summed E-state index contributed by atoms with van der Waals surface area (Å²) < 4.78 is 28.7. The summed E-state index contributed by atoms with van der Waals surface area (Å²) in [4.78, 5) is 12.0. The normalized spacial score (nSPS) is 11.9. The highest BCUT2D eigenvalue weighted by molar-refractivity contribution is 9.10. The molecule has 140 valence electrons. The maximum absolute atomic E-state index is 12.0. The summed E-state index contributed by atoms with van der Waals surface area (Å²) in [5, 5.41) is 7.66. The van der Waals surface area contributed by atoms with E-state index in [1.54, 1.807) is 0 Å². The quantitative estimate of drug-likeness (QED) is 0.743. The summed E-state index contributed by atoms with van der Waals surface area (Å²) in [6.45, 7) is 6.17. The number of ether oxygens (including phenoxy) is 1. The predicted molar refractivity (Wildman–Crippen MR) is 105 cm³/mol. The molecule has 2 aromatic rings. The van der Waals surface area contributed by atoms with Gasteiger partial charge in [0.15, 0.2) is 6.61 Å². The smallest absolute Gasteiger partial charge is 0.262 e. The SMILES string of the molecule is CC(C)(C)c1ccc(OCC(=O)Nc2ccc(S(N)(=O)=O)cc2)c(Br)c1. The maximum Gasteiger partial charge on any atom is 0.262 e. The van der Waals surface area contributed by atoms with Crippen LogP contribution < -0.4 is 15.2 Å². The average Bonchev–Trinajstić information content (AvgIpc) is 2.52. The first-order valence-electron chi connectivity index (χ1n) is 7.82. The number of carbonyl (C=O) groups is 1. The van der Waals surface area contributed by atoms with Crippen molar-refractivity contribution in [3.8, 4) is 5.75 Å². The number of halogens is 1. The van der Waals surface area contributed by atoms with Gasteiger partial charge in [-0.25, -0.2) is 13.6 Å². The third-order valence-corrected chi connectivity index (χ3v) is 5.17. The molecule has 0 fully saturated rings. The standard InChI is InChI=1S/C18H21BrN2O4S/c1-18(2,3)12-4-9-16(15(19)10-12)25-11-17(22)21-13-5-7-14(8-6-13)26(20,23)24/h4-10H,11H2,1-3H3,(H,21,22)(H2,20,23,24). The minimum Gasteiger partial charge on any atom is -0.483 e. The van der Waals surface area contributed by atoms with E-state index < -0.39 is 10.0 Å². The first kappa shape index (κ1) is 20.4. The van der Waals surface area contributed by atoms with E-state index in [2.05, 4.69) is 42.0 Å². The number of amides is 1. The van der Waals surface area contributed by atoms with Gasteiger partial charge in [-0.15, -0.1) is 0 Å². The first-order chi connectivity index (χ1) is 12.0. The summed E-state index contributed by atoms with van der Waals surface area (Å²) in [6.07, 6.45) is 0. The Bertz CT molecular complexity index is 904. The lowest BCUT2D eigenvalue weighted by atomic mass is 9.87. The second-order valence-corrected chi connectivity index (χ2v) is 9.22. The summed E-state index contributed by atoms with van der Waals surface area (Å²) in [7, 11) is -3.76. The van der Waals surface area contributed by atoms with Gasteiger partial charge in [0.25, 0.3) is 5.91 Å². The van der Waals surface area contributed by atoms with E-state index in [-0.39, 0.29) is 22.8 Å². The molecule has 0 saturated heterocycles. The van der Waals surface area contributed by atoms with Gasteiger partial charge in [-0.3, -0.25) is 4.79 Å². The maximum atomic E-state index is 12.0. The Kier molecular flexibility index (Phi) is 6.10. The van der Waals surface area contributed by atoms with Crippen molar-refractivity contribution >= 4 is 37.5 Å². The summed E-state index contributed by atoms with van der Waals surface area (Å²) in [5.74, 6) is 0.206. The fraction of sp³-hybridized carbons (Fsp3) is 0.278. The molecular weight excluding hydrogens is 420 g/mol. The molecule has 0 heterocycles. The van der Waals surface area contributed by atoms with Gasteiger partial charge in [-0.2, -0.15) is 0 Å². The first-order valence-corrected chi connectivity index (χ1v) is 10.2. The van der Waals surface area contributed by atoms with Crippen LogP contribution in [0.3, 0.4) is 0 Å². The van der Waals surface area contributed by atoms with Crippen molar-refractivity contribution in [3.63, 3.8) is 0 Å². The van der Waals surface area contributed by atoms with Gasteiger partial charge in [0.05, 0.1) is 9.37 Å². The Labute approximate surface area is 161 Å². The molecule has 0 saturated carbocycles. The highest BCUT2D eigenvalue weighted by Crippen LogP contribution is 2.31. The summed E-state index contributed by atoms with van der Waals surface area (Å²) in [6, 6.07) is 11.3. The van der Waals surface area contributed by atoms with E-state index in [0.29, 0.717) is 11.4 Å².